The number of hydrogen-bond acceptors (Lipinski definition) is 2. The second-order valence-electron chi connectivity index (χ2n) is 15.3. The van der Waals surface area contributed by atoms with Crippen LogP contribution >= 0.6 is 0 Å². The Hall–Kier alpha value is -7.94. The van der Waals surface area contributed by atoms with Gasteiger partial charge in [0.15, 0.2) is 0 Å². The van der Waals surface area contributed by atoms with Gasteiger partial charge in [-0.25, -0.2) is 0 Å². The summed E-state index contributed by atoms with van der Waals surface area (Å²) in [6.45, 7) is 0. The van der Waals surface area contributed by atoms with Gasteiger partial charge >= 0.3 is 0 Å². The van der Waals surface area contributed by atoms with Gasteiger partial charge in [-0.15, -0.1) is 0 Å². The van der Waals surface area contributed by atoms with Crippen LogP contribution in [0.1, 0.15) is 0 Å². The van der Waals surface area contributed by atoms with Crippen LogP contribution < -0.4 is 9.80 Å². The molecule has 11 aromatic carbocycles. The first-order valence-corrected chi connectivity index (χ1v) is 20.6. The molecule has 2 nitrogen and oxygen atoms in total. The van der Waals surface area contributed by atoms with Crippen molar-refractivity contribution in [1.82, 2.24) is 0 Å². The predicted molar refractivity (Wildman–Crippen MR) is 257 cm³/mol. The first-order valence-electron chi connectivity index (χ1n) is 20.6. The highest BCUT2D eigenvalue weighted by molar-refractivity contribution is 6.06. The number of hydrogen-bond donors (Lipinski definition) is 0. The summed E-state index contributed by atoms with van der Waals surface area (Å²) in [6, 6.07) is 87.9. The quantitative estimate of drug-likeness (QED) is 0.152. The van der Waals surface area contributed by atoms with Gasteiger partial charge in [-0.05, 0) is 92.3 Å². The Bertz CT molecular complexity index is 2920. The average Bonchev–Trinajstić information content (AvgIpc) is 3.32. The van der Waals surface area contributed by atoms with Crippen LogP contribution in [0.15, 0.2) is 243 Å². The third kappa shape index (κ3) is 6.23. The first kappa shape index (κ1) is 35.2. The van der Waals surface area contributed by atoms with Crippen molar-refractivity contribution < 1.29 is 0 Å². The lowest BCUT2D eigenvalue weighted by molar-refractivity contribution is 1.31. The minimum absolute atomic E-state index is 1.11. The molecular weight excluding hydrogens is 725 g/mol. The zero-order valence-electron chi connectivity index (χ0n) is 33.0. The summed E-state index contributed by atoms with van der Waals surface area (Å²) in [7, 11) is 0. The zero-order chi connectivity index (χ0) is 39.8. The van der Waals surface area contributed by atoms with Crippen LogP contribution in [0.25, 0.3) is 65.3 Å². The number of benzene rings is 11. The Kier molecular flexibility index (Phi) is 8.87. The molecule has 0 unspecified atom stereocenters. The molecule has 0 aromatic heterocycles. The van der Waals surface area contributed by atoms with Crippen molar-refractivity contribution in [2.45, 2.75) is 0 Å². The lowest BCUT2D eigenvalue weighted by Crippen LogP contribution is -2.11. The summed E-state index contributed by atoms with van der Waals surface area (Å²) < 4.78 is 0. The molecule has 11 rings (SSSR count). The van der Waals surface area contributed by atoms with Crippen molar-refractivity contribution in [3.63, 3.8) is 0 Å². The van der Waals surface area contributed by atoms with Gasteiger partial charge in [0, 0.05) is 32.9 Å². The van der Waals surface area contributed by atoms with Crippen LogP contribution in [0.5, 0.6) is 0 Å². The molecule has 0 amide bonds. The molecule has 0 N–H and O–H groups in total. The summed E-state index contributed by atoms with van der Waals surface area (Å²) in [5, 5.41) is 9.72. The highest BCUT2D eigenvalue weighted by Gasteiger charge is 2.20. The van der Waals surface area contributed by atoms with E-state index in [0.29, 0.717) is 0 Å². The van der Waals surface area contributed by atoms with Gasteiger partial charge in [-0.2, -0.15) is 0 Å². The predicted octanol–water partition coefficient (Wildman–Crippen LogP) is 16.6. The summed E-state index contributed by atoms with van der Waals surface area (Å²) in [5.74, 6) is 0. The summed E-state index contributed by atoms with van der Waals surface area (Å²) in [6.07, 6.45) is 0. The summed E-state index contributed by atoms with van der Waals surface area (Å²) in [4.78, 5) is 4.83. The second kappa shape index (κ2) is 15.1. The van der Waals surface area contributed by atoms with Crippen LogP contribution in [0, 0.1) is 0 Å². The second-order valence-corrected chi connectivity index (χ2v) is 15.3. The molecule has 0 atom stereocenters. The number of anilines is 6. The Morgan fingerprint density at radius 1 is 0.200 bits per heavy atom. The van der Waals surface area contributed by atoms with E-state index in [9.17, 15) is 0 Å². The van der Waals surface area contributed by atoms with E-state index in [4.69, 9.17) is 0 Å². The minimum atomic E-state index is 1.11. The van der Waals surface area contributed by atoms with Crippen LogP contribution in [0.3, 0.4) is 0 Å². The van der Waals surface area contributed by atoms with Gasteiger partial charge in [0.2, 0.25) is 0 Å². The first-order chi connectivity index (χ1) is 29.8. The third-order valence-electron chi connectivity index (χ3n) is 11.8. The maximum atomic E-state index is 2.41. The van der Waals surface area contributed by atoms with E-state index >= 15 is 0 Å². The van der Waals surface area contributed by atoms with E-state index in [1.807, 2.05) is 0 Å². The van der Waals surface area contributed by atoms with Crippen LogP contribution in [-0.4, -0.2) is 0 Å². The Morgan fingerprint density at radius 3 is 0.750 bits per heavy atom. The van der Waals surface area contributed by atoms with E-state index in [1.165, 1.54) is 65.3 Å². The fourth-order valence-electron chi connectivity index (χ4n) is 9.00. The normalized spacial score (nSPS) is 11.3. The van der Waals surface area contributed by atoms with Crippen molar-refractivity contribution in [3.8, 4) is 22.3 Å². The molecule has 282 valence electrons. The highest BCUT2D eigenvalue weighted by atomic mass is 15.2. The molecule has 0 saturated heterocycles. The molecule has 0 fully saturated rings. The molecule has 60 heavy (non-hydrogen) atoms. The standard InChI is InChI=1S/C58H40N2/c1-5-25-51-41(15-1)19-11-29-55(51)59(56-30-12-20-42-16-2-6-26-52(42)56)47-37-33-45(34-38-47)49-23-9-10-24-50(49)46-35-39-48(40-36-46)60(57-31-13-21-43-17-3-7-27-53(43)57)58-32-14-22-44-18-4-8-28-54(44)58/h1-40H. The van der Waals surface area contributed by atoms with Crippen molar-refractivity contribution in [2.24, 2.45) is 0 Å². The highest BCUT2D eigenvalue weighted by Crippen LogP contribution is 2.45. The fourth-order valence-corrected chi connectivity index (χ4v) is 9.00. The topological polar surface area (TPSA) is 6.48 Å². The van der Waals surface area contributed by atoms with E-state index in [2.05, 4.69) is 252 Å². The van der Waals surface area contributed by atoms with Crippen LogP contribution in [0.2, 0.25) is 0 Å². The molecule has 0 heterocycles. The average molecular weight is 765 g/mol. The molecule has 0 aliphatic carbocycles. The lowest BCUT2D eigenvalue weighted by atomic mass is 9.94. The minimum Gasteiger partial charge on any atom is -0.309 e. The van der Waals surface area contributed by atoms with Crippen LogP contribution in [0.4, 0.5) is 34.1 Å². The third-order valence-corrected chi connectivity index (χ3v) is 11.8. The van der Waals surface area contributed by atoms with Gasteiger partial charge < -0.3 is 9.80 Å². The van der Waals surface area contributed by atoms with Gasteiger partial charge in [-0.1, -0.05) is 194 Å². The van der Waals surface area contributed by atoms with E-state index in [1.54, 1.807) is 0 Å². The Labute approximate surface area is 350 Å². The number of rotatable bonds is 8. The number of nitrogens with zero attached hydrogens (tertiary/aromatic N) is 2. The van der Waals surface area contributed by atoms with Crippen LogP contribution in [-0.2, 0) is 0 Å². The van der Waals surface area contributed by atoms with Crippen molar-refractivity contribution in [1.29, 1.82) is 0 Å². The SMILES string of the molecule is c1ccc(-c2ccc(N(c3cccc4ccccc34)c3cccc4ccccc34)cc2)c(-c2ccc(N(c3cccc4ccccc34)c3cccc4ccccc34)cc2)c1. The Balaban J connectivity index is 0.996. The molecule has 11 aromatic rings. The molecule has 0 saturated carbocycles. The molecule has 0 aliphatic rings. The molecule has 0 aliphatic heterocycles. The summed E-state index contributed by atoms with van der Waals surface area (Å²) in [5.41, 5.74) is 11.5. The van der Waals surface area contributed by atoms with Gasteiger partial charge in [0.1, 0.15) is 0 Å². The zero-order valence-corrected chi connectivity index (χ0v) is 33.0. The van der Waals surface area contributed by atoms with Gasteiger partial charge in [0.05, 0.1) is 22.7 Å². The maximum absolute atomic E-state index is 2.41. The summed E-state index contributed by atoms with van der Waals surface area (Å²) >= 11 is 0. The lowest BCUT2D eigenvalue weighted by Gasteiger charge is -2.28. The Morgan fingerprint density at radius 2 is 0.450 bits per heavy atom. The fraction of sp³-hybridized carbons (Fsp3) is 0. The van der Waals surface area contributed by atoms with E-state index < -0.39 is 0 Å². The van der Waals surface area contributed by atoms with Gasteiger partial charge in [0.25, 0.3) is 0 Å². The maximum Gasteiger partial charge on any atom is 0.0540 e. The van der Waals surface area contributed by atoms with Crippen molar-refractivity contribution in [2.75, 3.05) is 9.80 Å². The molecule has 0 bridgehead atoms. The monoisotopic (exact) mass is 764 g/mol. The smallest absolute Gasteiger partial charge is 0.0540 e. The van der Waals surface area contributed by atoms with E-state index in [-0.39, 0.29) is 0 Å². The molecular formula is C58H40N2. The molecule has 0 radical (unpaired) electrons. The largest absolute Gasteiger partial charge is 0.309 e. The molecule has 0 spiro atoms. The molecule has 2 heteroatoms. The van der Waals surface area contributed by atoms with Gasteiger partial charge in [-0.3, -0.25) is 0 Å². The van der Waals surface area contributed by atoms with E-state index in [0.717, 1.165) is 34.1 Å². The van der Waals surface area contributed by atoms with Crippen molar-refractivity contribution >= 4 is 77.2 Å². The van der Waals surface area contributed by atoms with Crippen molar-refractivity contribution in [3.05, 3.63) is 243 Å². The number of fused-ring (bicyclic) bond motifs is 4.